The molecule has 0 aliphatic carbocycles. The molecule has 0 N–H and O–H groups in total. The summed E-state index contributed by atoms with van der Waals surface area (Å²) < 4.78 is 0. The molecule has 0 bridgehead atoms. The van der Waals surface area contributed by atoms with E-state index in [2.05, 4.69) is 27.7 Å². The summed E-state index contributed by atoms with van der Waals surface area (Å²) in [4.78, 5) is 0. The van der Waals surface area contributed by atoms with Crippen LogP contribution in [0.1, 0.15) is 143 Å². The maximum Gasteiger partial charge on any atom is -0.0212 e. The van der Waals surface area contributed by atoms with Gasteiger partial charge in [0.15, 0.2) is 0 Å². The van der Waals surface area contributed by atoms with Crippen LogP contribution in [-0.2, 0) is 0 Å². The summed E-state index contributed by atoms with van der Waals surface area (Å²) >= 11 is 0. The second kappa shape index (κ2) is 21.7. The van der Waals surface area contributed by atoms with Crippen LogP contribution < -0.4 is 0 Å². The normalized spacial score (nSPS) is 12.8. The van der Waals surface area contributed by atoms with Crippen molar-refractivity contribution >= 4 is 7.92 Å². The molecule has 0 nitrogen and oxygen atoms in total. The van der Waals surface area contributed by atoms with Gasteiger partial charge in [0.2, 0.25) is 0 Å². The molecule has 0 rings (SSSR count). The fourth-order valence-electron chi connectivity index (χ4n) is 4.12. The van der Waals surface area contributed by atoms with Crippen molar-refractivity contribution in [2.24, 2.45) is 0 Å². The summed E-state index contributed by atoms with van der Waals surface area (Å²) in [6, 6.07) is 0. The van der Waals surface area contributed by atoms with Gasteiger partial charge in [0.05, 0.1) is 0 Å². The van der Waals surface area contributed by atoms with Crippen molar-refractivity contribution in [3.63, 3.8) is 0 Å². The van der Waals surface area contributed by atoms with Gasteiger partial charge in [-0.1, -0.05) is 118 Å². The fourth-order valence-corrected chi connectivity index (χ4v) is 7.40. The molecule has 0 saturated heterocycles. The minimum absolute atomic E-state index is 0.306. The lowest BCUT2D eigenvalue weighted by Crippen LogP contribution is -2.09. The Morgan fingerprint density at radius 2 is 0.846 bits per heavy atom. The Bertz CT molecular complexity index is 235. The van der Waals surface area contributed by atoms with Gasteiger partial charge in [-0.05, 0) is 43.7 Å². The van der Waals surface area contributed by atoms with Gasteiger partial charge in [-0.15, -0.1) is 7.92 Å². The standard InChI is InChI=1S/C25H53P/c1-5-9-12-15-17-20-23-26(24-21-18-16-13-10-6-2)25(8-4)22-19-14-11-7-3/h25H,5-24H2,1-4H3. The number of rotatable bonds is 21. The maximum atomic E-state index is 2.47. The van der Waals surface area contributed by atoms with E-state index >= 15 is 0 Å². The average molecular weight is 385 g/mol. The predicted octanol–water partition coefficient (Wildman–Crippen LogP) is 9.94. The van der Waals surface area contributed by atoms with Crippen LogP contribution in [-0.4, -0.2) is 18.0 Å². The minimum Gasteiger partial charge on any atom is -0.104 e. The third-order valence-corrected chi connectivity index (χ3v) is 9.41. The summed E-state index contributed by atoms with van der Waals surface area (Å²) in [6.45, 7) is 9.46. The zero-order chi connectivity index (χ0) is 19.3. The average Bonchev–Trinajstić information content (AvgIpc) is 2.66. The molecule has 1 heteroatoms. The summed E-state index contributed by atoms with van der Waals surface area (Å²) in [5, 5.41) is 0. The van der Waals surface area contributed by atoms with Crippen LogP contribution >= 0.6 is 7.92 Å². The number of hydrogen-bond acceptors (Lipinski definition) is 0. The number of hydrogen-bond donors (Lipinski definition) is 0. The highest BCUT2D eigenvalue weighted by Gasteiger charge is 2.18. The quantitative estimate of drug-likeness (QED) is 0.136. The van der Waals surface area contributed by atoms with Crippen LogP contribution in [0.4, 0.5) is 0 Å². The van der Waals surface area contributed by atoms with E-state index in [9.17, 15) is 0 Å². The van der Waals surface area contributed by atoms with Crippen molar-refractivity contribution in [2.75, 3.05) is 12.3 Å². The Balaban J connectivity index is 4.17. The summed E-state index contributed by atoms with van der Waals surface area (Å²) in [6.07, 6.45) is 29.6. The van der Waals surface area contributed by atoms with Crippen LogP contribution in [0.2, 0.25) is 0 Å². The Morgan fingerprint density at radius 1 is 0.462 bits per heavy atom. The van der Waals surface area contributed by atoms with E-state index < -0.39 is 0 Å². The van der Waals surface area contributed by atoms with Gasteiger partial charge in [-0.25, -0.2) is 0 Å². The van der Waals surface area contributed by atoms with Gasteiger partial charge in [-0.3, -0.25) is 0 Å². The molecule has 0 aromatic heterocycles. The monoisotopic (exact) mass is 384 g/mol. The van der Waals surface area contributed by atoms with E-state index in [1.165, 1.54) is 116 Å². The molecule has 0 amide bonds. The van der Waals surface area contributed by atoms with Crippen molar-refractivity contribution in [1.82, 2.24) is 0 Å². The molecule has 0 aromatic rings. The Morgan fingerprint density at radius 3 is 1.27 bits per heavy atom. The third kappa shape index (κ3) is 16.6. The molecule has 0 aliphatic heterocycles. The van der Waals surface area contributed by atoms with Crippen LogP contribution in [0.15, 0.2) is 0 Å². The molecule has 26 heavy (non-hydrogen) atoms. The van der Waals surface area contributed by atoms with Gasteiger partial charge < -0.3 is 0 Å². The second-order valence-corrected chi connectivity index (χ2v) is 11.3. The van der Waals surface area contributed by atoms with Crippen LogP contribution in [0, 0.1) is 0 Å². The minimum atomic E-state index is 0.306. The highest BCUT2D eigenvalue weighted by Crippen LogP contribution is 2.47. The molecular weight excluding hydrogens is 331 g/mol. The third-order valence-electron chi connectivity index (χ3n) is 5.98. The Kier molecular flexibility index (Phi) is 22.1. The topological polar surface area (TPSA) is 0 Å². The lowest BCUT2D eigenvalue weighted by Gasteiger charge is -2.27. The molecule has 0 radical (unpaired) electrons. The SMILES string of the molecule is CCCCCCCCP(CCCCCCCC)C(CC)CCCCCC. The highest BCUT2D eigenvalue weighted by atomic mass is 31.1. The van der Waals surface area contributed by atoms with Crippen molar-refractivity contribution in [2.45, 2.75) is 149 Å². The van der Waals surface area contributed by atoms with Gasteiger partial charge >= 0.3 is 0 Å². The van der Waals surface area contributed by atoms with E-state index in [0.717, 1.165) is 5.66 Å². The van der Waals surface area contributed by atoms with E-state index in [1.54, 1.807) is 12.3 Å². The molecule has 0 spiro atoms. The molecule has 0 aromatic carbocycles. The molecular formula is C25H53P. The van der Waals surface area contributed by atoms with Crippen molar-refractivity contribution in [3.05, 3.63) is 0 Å². The summed E-state index contributed by atoms with van der Waals surface area (Å²) in [5.74, 6) is 0. The van der Waals surface area contributed by atoms with E-state index in [-0.39, 0.29) is 0 Å². The zero-order valence-electron chi connectivity index (χ0n) is 19.2. The lowest BCUT2D eigenvalue weighted by atomic mass is 10.1. The summed E-state index contributed by atoms with van der Waals surface area (Å²) in [5.41, 5.74) is 1.08. The first-order valence-corrected chi connectivity index (χ1v) is 14.3. The first kappa shape index (κ1) is 26.4. The van der Waals surface area contributed by atoms with Crippen LogP contribution in [0.25, 0.3) is 0 Å². The van der Waals surface area contributed by atoms with Crippen molar-refractivity contribution < 1.29 is 0 Å². The summed E-state index contributed by atoms with van der Waals surface area (Å²) in [7, 11) is 0.306. The molecule has 1 atom stereocenters. The lowest BCUT2D eigenvalue weighted by molar-refractivity contribution is 0.598. The van der Waals surface area contributed by atoms with Crippen molar-refractivity contribution in [1.29, 1.82) is 0 Å². The van der Waals surface area contributed by atoms with Crippen LogP contribution in [0.5, 0.6) is 0 Å². The Hall–Kier alpha value is 0.430. The first-order valence-electron chi connectivity index (χ1n) is 12.5. The van der Waals surface area contributed by atoms with Gasteiger partial charge in [0.25, 0.3) is 0 Å². The van der Waals surface area contributed by atoms with Gasteiger partial charge in [0.1, 0.15) is 0 Å². The molecule has 1 unspecified atom stereocenters. The number of unbranched alkanes of at least 4 members (excludes halogenated alkanes) is 13. The second-order valence-electron chi connectivity index (χ2n) is 8.48. The highest BCUT2D eigenvalue weighted by molar-refractivity contribution is 7.58. The Labute approximate surface area is 169 Å². The van der Waals surface area contributed by atoms with E-state index in [0.29, 0.717) is 7.92 Å². The first-order chi connectivity index (χ1) is 12.8. The zero-order valence-corrected chi connectivity index (χ0v) is 20.1. The van der Waals surface area contributed by atoms with E-state index in [1.807, 2.05) is 0 Å². The molecule has 0 heterocycles. The van der Waals surface area contributed by atoms with Crippen molar-refractivity contribution in [3.8, 4) is 0 Å². The fraction of sp³-hybridized carbons (Fsp3) is 1.00. The molecule has 158 valence electrons. The molecule has 0 aliphatic rings. The maximum absolute atomic E-state index is 2.47. The van der Waals surface area contributed by atoms with Gasteiger partial charge in [0, 0.05) is 0 Å². The molecule has 0 fully saturated rings. The smallest absolute Gasteiger partial charge is 0.0212 e. The van der Waals surface area contributed by atoms with Crippen LogP contribution in [0.3, 0.4) is 0 Å². The predicted molar refractivity (Wildman–Crippen MR) is 126 cm³/mol. The largest absolute Gasteiger partial charge is 0.104 e. The molecule has 0 saturated carbocycles. The van der Waals surface area contributed by atoms with E-state index in [4.69, 9.17) is 0 Å². The van der Waals surface area contributed by atoms with Gasteiger partial charge in [-0.2, -0.15) is 0 Å².